The van der Waals surface area contributed by atoms with Crippen molar-refractivity contribution in [1.29, 1.82) is 0 Å². The second kappa shape index (κ2) is 4.35. The molecule has 0 saturated heterocycles. The molecular weight excluding hydrogens is 263 g/mol. The maximum atomic E-state index is 13.2. The molecule has 0 aliphatic carbocycles. The zero-order chi connectivity index (χ0) is 10.7. The fourth-order valence-corrected chi connectivity index (χ4v) is 1.31. The van der Waals surface area contributed by atoms with Crippen molar-refractivity contribution in [2.75, 3.05) is 0 Å². The lowest BCUT2D eigenvalue weighted by Gasteiger charge is -2.05. The van der Waals surface area contributed by atoms with E-state index in [0.29, 0.717) is 4.47 Å². The van der Waals surface area contributed by atoms with Gasteiger partial charge in [-0.05, 0) is 28.1 Å². The van der Waals surface area contributed by atoms with Gasteiger partial charge in [0.1, 0.15) is 6.33 Å². The van der Waals surface area contributed by atoms with Gasteiger partial charge in [-0.1, -0.05) is 12.1 Å². The number of nitrogens with zero attached hydrogens (tertiary/aromatic N) is 2. The minimum absolute atomic E-state index is 0.136. The second-order valence-corrected chi connectivity index (χ2v) is 3.56. The van der Waals surface area contributed by atoms with Crippen LogP contribution in [0.25, 0.3) is 0 Å². The monoisotopic (exact) mass is 268 g/mol. The Morgan fingerprint density at radius 3 is 2.80 bits per heavy atom. The minimum atomic E-state index is -0.428. The third-order valence-electron chi connectivity index (χ3n) is 1.68. The normalized spacial score (nSPS) is 10.0. The average molecular weight is 269 g/mol. The molecule has 15 heavy (non-hydrogen) atoms. The maximum Gasteiger partial charge on any atom is 0.236 e. The van der Waals surface area contributed by atoms with Crippen LogP contribution in [0.4, 0.5) is 4.39 Å². The molecule has 1 aromatic carbocycles. The zero-order valence-corrected chi connectivity index (χ0v) is 9.11. The van der Waals surface area contributed by atoms with Crippen LogP contribution < -0.4 is 4.74 Å². The predicted molar refractivity (Wildman–Crippen MR) is 56.2 cm³/mol. The van der Waals surface area contributed by atoms with E-state index in [0.717, 1.165) is 0 Å². The molecule has 0 fully saturated rings. The van der Waals surface area contributed by atoms with Crippen molar-refractivity contribution in [3.63, 3.8) is 0 Å². The standard InChI is InChI=1S/C10H6BrFN2O/c11-7-5-13-6-14-10(7)15-9-4-2-1-3-8(9)12/h1-6H. The van der Waals surface area contributed by atoms with E-state index in [1.54, 1.807) is 12.1 Å². The van der Waals surface area contributed by atoms with Crippen molar-refractivity contribution in [3.8, 4) is 11.6 Å². The van der Waals surface area contributed by atoms with Gasteiger partial charge in [0.15, 0.2) is 11.6 Å². The number of aromatic nitrogens is 2. The van der Waals surface area contributed by atoms with Gasteiger partial charge in [-0.2, -0.15) is 0 Å². The first-order valence-electron chi connectivity index (χ1n) is 4.15. The van der Waals surface area contributed by atoms with Gasteiger partial charge in [-0.25, -0.2) is 14.4 Å². The summed E-state index contributed by atoms with van der Waals surface area (Å²) in [6.45, 7) is 0. The summed E-state index contributed by atoms with van der Waals surface area (Å²) in [5, 5.41) is 0. The highest BCUT2D eigenvalue weighted by atomic mass is 79.9. The summed E-state index contributed by atoms with van der Waals surface area (Å²) in [7, 11) is 0. The lowest BCUT2D eigenvalue weighted by atomic mass is 10.3. The first-order valence-corrected chi connectivity index (χ1v) is 4.94. The summed E-state index contributed by atoms with van der Waals surface area (Å²) in [5.41, 5.74) is 0. The van der Waals surface area contributed by atoms with E-state index in [4.69, 9.17) is 4.74 Å². The summed E-state index contributed by atoms with van der Waals surface area (Å²) >= 11 is 3.21. The lowest BCUT2D eigenvalue weighted by molar-refractivity contribution is 0.424. The van der Waals surface area contributed by atoms with Crippen LogP contribution in [0.1, 0.15) is 0 Å². The van der Waals surface area contributed by atoms with Crippen molar-refractivity contribution in [1.82, 2.24) is 9.97 Å². The summed E-state index contributed by atoms with van der Waals surface area (Å²) in [6.07, 6.45) is 2.87. The van der Waals surface area contributed by atoms with E-state index >= 15 is 0 Å². The van der Waals surface area contributed by atoms with Crippen molar-refractivity contribution in [2.24, 2.45) is 0 Å². The Morgan fingerprint density at radius 2 is 2.07 bits per heavy atom. The molecule has 0 bridgehead atoms. The molecular formula is C10H6BrFN2O. The van der Waals surface area contributed by atoms with E-state index in [1.165, 1.54) is 24.7 Å². The molecule has 0 saturated carbocycles. The second-order valence-electron chi connectivity index (χ2n) is 2.71. The van der Waals surface area contributed by atoms with Crippen LogP contribution in [0.3, 0.4) is 0 Å². The highest BCUT2D eigenvalue weighted by Gasteiger charge is 2.07. The average Bonchev–Trinajstić information content (AvgIpc) is 2.24. The van der Waals surface area contributed by atoms with Crippen molar-refractivity contribution >= 4 is 15.9 Å². The molecule has 0 spiro atoms. The Hall–Kier alpha value is -1.49. The van der Waals surface area contributed by atoms with Crippen molar-refractivity contribution in [2.45, 2.75) is 0 Å². The molecule has 3 nitrogen and oxygen atoms in total. The van der Waals surface area contributed by atoms with Crippen LogP contribution in [0.2, 0.25) is 0 Å². The Balaban J connectivity index is 2.30. The lowest BCUT2D eigenvalue weighted by Crippen LogP contribution is -1.92. The fourth-order valence-electron chi connectivity index (χ4n) is 1.01. The number of hydrogen-bond donors (Lipinski definition) is 0. The van der Waals surface area contributed by atoms with Crippen LogP contribution in [0.15, 0.2) is 41.3 Å². The SMILES string of the molecule is Fc1ccccc1Oc1ncncc1Br. The minimum Gasteiger partial charge on any atom is -0.435 e. The van der Waals surface area contributed by atoms with Gasteiger partial charge >= 0.3 is 0 Å². The molecule has 2 rings (SSSR count). The highest BCUT2D eigenvalue weighted by molar-refractivity contribution is 9.10. The Bertz CT molecular complexity index is 435. The van der Waals surface area contributed by atoms with E-state index < -0.39 is 5.82 Å². The first kappa shape index (κ1) is 10.0. The van der Waals surface area contributed by atoms with Gasteiger partial charge in [-0.3, -0.25) is 0 Å². The van der Waals surface area contributed by atoms with Gasteiger partial charge in [0.2, 0.25) is 5.88 Å². The van der Waals surface area contributed by atoms with Crippen LogP contribution in [0.5, 0.6) is 11.6 Å². The van der Waals surface area contributed by atoms with E-state index in [2.05, 4.69) is 25.9 Å². The van der Waals surface area contributed by atoms with Gasteiger partial charge in [-0.15, -0.1) is 0 Å². The van der Waals surface area contributed by atoms with Crippen LogP contribution >= 0.6 is 15.9 Å². The highest BCUT2D eigenvalue weighted by Crippen LogP contribution is 2.27. The number of para-hydroxylation sites is 1. The molecule has 2 aromatic rings. The third-order valence-corrected chi connectivity index (χ3v) is 2.22. The van der Waals surface area contributed by atoms with Gasteiger partial charge in [0.25, 0.3) is 0 Å². The van der Waals surface area contributed by atoms with Crippen LogP contribution in [-0.2, 0) is 0 Å². The molecule has 76 valence electrons. The van der Waals surface area contributed by atoms with Crippen molar-refractivity contribution < 1.29 is 9.13 Å². The molecule has 0 radical (unpaired) electrons. The molecule has 0 aliphatic heterocycles. The molecule has 0 amide bonds. The topological polar surface area (TPSA) is 35.0 Å². The first-order chi connectivity index (χ1) is 7.27. The number of benzene rings is 1. The van der Waals surface area contributed by atoms with E-state index in [9.17, 15) is 4.39 Å². The Kier molecular flexibility index (Phi) is 2.91. The number of hydrogen-bond acceptors (Lipinski definition) is 3. The molecule has 0 N–H and O–H groups in total. The molecule has 0 unspecified atom stereocenters. The van der Waals surface area contributed by atoms with Crippen LogP contribution in [0, 0.1) is 5.82 Å². The molecule has 1 aromatic heterocycles. The Labute approximate surface area is 94.1 Å². The van der Waals surface area contributed by atoms with Gasteiger partial charge < -0.3 is 4.74 Å². The molecule has 0 aliphatic rings. The smallest absolute Gasteiger partial charge is 0.236 e. The molecule has 5 heteroatoms. The fraction of sp³-hybridized carbons (Fsp3) is 0. The maximum absolute atomic E-state index is 13.2. The number of halogens is 2. The summed E-state index contributed by atoms with van der Waals surface area (Å²) in [5.74, 6) is -0.00462. The summed E-state index contributed by atoms with van der Waals surface area (Å²) in [4.78, 5) is 7.65. The largest absolute Gasteiger partial charge is 0.435 e. The third kappa shape index (κ3) is 2.30. The number of rotatable bonds is 2. The summed E-state index contributed by atoms with van der Waals surface area (Å²) < 4.78 is 19.1. The number of ether oxygens (including phenoxy) is 1. The zero-order valence-electron chi connectivity index (χ0n) is 7.52. The van der Waals surface area contributed by atoms with Crippen LogP contribution in [-0.4, -0.2) is 9.97 Å². The quantitative estimate of drug-likeness (QED) is 0.839. The molecule has 1 heterocycles. The molecule has 0 atom stereocenters. The van der Waals surface area contributed by atoms with E-state index in [1.807, 2.05) is 0 Å². The van der Waals surface area contributed by atoms with Crippen molar-refractivity contribution in [3.05, 3.63) is 47.1 Å². The van der Waals surface area contributed by atoms with E-state index in [-0.39, 0.29) is 11.6 Å². The van der Waals surface area contributed by atoms with Gasteiger partial charge in [0, 0.05) is 6.20 Å². The summed E-state index contributed by atoms with van der Waals surface area (Å²) in [6, 6.07) is 6.14. The Morgan fingerprint density at radius 1 is 1.27 bits per heavy atom. The predicted octanol–water partition coefficient (Wildman–Crippen LogP) is 3.17. The van der Waals surface area contributed by atoms with Gasteiger partial charge in [0.05, 0.1) is 4.47 Å².